The van der Waals surface area contributed by atoms with Crippen molar-refractivity contribution in [2.24, 2.45) is 0 Å². The van der Waals surface area contributed by atoms with E-state index in [4.69, 9.17) is 4.52 Å². The van der Waals surface area contributed by atoms with E-state index in [1.807, 2.05) is 0 Å². The van der Waals surface area contributed by atoms with E-state index in [0.717, 1.165) is 0 Å². The summed E-state index contributed by atoms with van der Waals surface area (Å²) >= 11 is 0. The van der Waals surface area contributed by atoms with Crippen LogP contribution in [0.15, 0.2) is 65.4 Å². The lowest BCUT2D eigenvalue weighted by atomic mass is 10.2. The lowest BCUT2D eigenvalue weighted by Crippen LogP contribution is -2.12. The van der Waals surface area contributed by atoms with Gasteiger partial charge in [0, 0.05) is 24.0 Å². The number of rotatable bonds is 7. The third-order valence-corrected chi connectivity index (χ3v) is 4.40. The van der Waals surface area contributed by atoms with Gasteiger partial charge in [0.2, 0.25) is 17.6 Å². The standard InChI is InChI=1S/C22H18FN5O3/c23-16-9-7-14(8-10-16)22-27-20(31-28-22)6-2-5-19(30)26-17-12-24-21(25-13-17)15-3-1-4-18(29)11-15/h1,3-4,7-13,29H,2,5-6H2,(H,26,30). The number of halogens is 1. The normalized spacial score (nSPS) is 10.7. The number of hydrogen-bond donors (Lipinski definition) is 2. The summed E-state index contributed by atoms with van der Waals surface area (Å²) in [6.07, 6.45) is 4.23. The Morgan fingerprint density at radius 3 is 2.55 bits per heavy atom. The van der Waals surface area contributed by atoms with Crippen molar-refractivity contribution >= 4 is 11.6 Å². The van der Waals surface area contributed by atoms with Gasteiger partial charge < -0.3 is 14.9 Å². The predicted octanol–water partition coefficient (Wildman–Crippen LogP) is 4.00. The van der Waals surface area contributed by atoms with Crippen molar-refractivity contribution in [2.45, 2.75) is 19.3 Å². The maximum atomic E-state index is 13.0. The summed E-state index contributed by atoms with van der Waals surface area (Å²) in [6, 6.07) is 12.4. The number of nitrogens with one attached hydrogen (secondary N) is 1. The molecule has 8 nitrogen and oxygen atoms in total. The minimum Gasteiger partial charge on any atom is -0.508 e. The Morgan fingerprint density at radius 2 is 1.81 bits per heavy atom. The molecule has 156 valence electrons. The topological polar surface area (TPSA) is 114 Å². The lowest BCUT2D eigenvalue weighted by Gasteiger charge is -2.05. The van der Waals surface area contributed by atoms with Crippen molar-refractivity contribution in [3.8, 4) is 28.5 Å². The van der Waals surface area contributed by atoms with Gasteiger partial charge >= 0.3 is 0 Å². The molecule has 9 heteroatoms. The number of amides is 1. The number of phenols is 1. The van der Waals surface area contributed by atoms with Gasteiger partial charge in [-0.2, -0.15) is 4.98 Å². The highest BCUT2D eigenvalue weighted by Crippen LogP contribution is 2.20. The number of aromatic hydroxyl groups is 1. The van der Waals surface area contributed by atoms with Crippen molar-refractivity contribution < 1.29 is 18.8 Å². The van der Waals surface area contributed by atoms with Gasteiger partial charge in [0.05, 0.1) is 18.1 Å². The minimum atomic E-state index is -0.335. The fraction of sp³-hybridized carbons (Fsp3) is 0.136. The lowest BCUT2D eigenvalue weighted by molar-refractivity contribution is -0.116. The van der Waals surface area contributed by atoms with Crippen LogP contribution in [0.4, 0.5) is 10.1 Å². The second-order valence-electron chi connectivity index (χ2n) is 6.77. The quantitative estimate of drug-likeness (QED) is 0.465. The first-order valence-corrected chi connectivity index (χ1v) is 9.57. The van der Waals surface area contributed by atoms with Gasteiger partial charge in [0.1, 0.15) is 11.6 Å². The van der Waals surface area contributed by atoms with Gasteiger partial charge in [-0.05, 0) is 42.8 Å². The molecule has 0 unspecified atom stereocenters. The number of nitrogens with zero attached hydrogens (tertiary/aromatic N) is 4. The van der Waals surface area contributed by atoms with E-state index in [1.165, 1.54) is 24.5 Å². The van der Waals surface area contributed by atoms with Crippen molar-refractivity contribution in [2.75, 3.05) is 5.32 Å². The number of carbonyl (C=O) groups excluding carboxylic acids is 1. The van der Waals surface area contributed by atoms with E-state index < -0.39 is 0 Å². The van der Waals surface area contributed by atoms with Crippen molar-refractivity contribution in [3.63, 3.8) is 0 Å². The van der Waals surface area contributed by atoms with Crippen LogP contribution in [0.3, 0.4) is 0 Å². The van der Waals surface area contributed by atoms with Crippen molar-refractivity contribution in [1.82, 2.24) is 20.1 Å². The summed E-state index contributed by atoms with van der Waals surface area (Å²) in [4.78, 5) is 24.9. The Labute approximate surface area is 176 Å². The zero-order chi connectivity index (χ0) is 21.6. The SMILES string of the molecule is O=C(CCCc1nc(-c2ccc(F)cc2)no1)Nc1cnc(-c2cccc(O)c2)nc1. The van der Waals surface area contributed by atoms with E-state index in [0.29, 0.717) is 47.2 Å². The molecule has 4 rings (SSSR count). The third-order valence-electron chi connectivity index (χ3n) is 4.40. The average Bonchev–Trinajstić information content (AvgIpc) is 3.24. The molecule has 2 aromatic carbocycles. The molecular formula is C22H18FN5O3. The van der Waals surface area contributed by atoms with E-state index >= 15 is 0 Å². The van der Waals surface area contributed by atoms with Gasteiger partial charge in [-0.1, -0.05) is 17.3 Å². The third kappa shape index (κ3) is 5.27. The smallest absolute Gasteiger partial charge is 0.226 e. The average molecular weight is 419 g/mol. The molecule has 4 aromatic rings. The number of carbonyl (C=O) groups is 1. The fourth-order valence-corrected chi connectivity index (χ4v) is 2.88. The number of benzene rings is 2. The highest BCUT2D eigenvalue weighted by molar-refractivity contribution is 5.90. The molecule has 0 bridgehead atoms. The van der Waals surface area contributed by atoms with Gasteiger partial charge in [-0.15, -0.1) is 0 Å². The Kier molecular flexibility index (Phi) is 5.93. The van der Waals surface area contributed by atoms with Gasteiger partial charge in [0.15, 0.2) is 5.82 Å². The van der Waals surface area contributed by atoms with Gasteiger partial charge in [-0.3, -0.25) is 4.79 Å². The molecule has 0 aliphatic heterocycles. The van der Waals surface area contributed by atoms with Crippen LogP contribution in [0.5, 0.6) is 5.75 Å². The Bertz CT molecular complexity index is 1180. The Balaban J connectivity index is 1.26. The predicted molar refractivity (Wildman–Crippen MR) is 110 cm³/mol. The largest absolute Gasteiger partial charge is 0.508 e. The molecule has 0 saturated heterocycles. The number of hydrogen-bond acceptors (Lipinski definition) is 7. The minimum absolute atomic E-state index is 0.129. The fourth-order valence-electron chi connectivity index (χ4n) is 2.88. The monoisotopic (exact) mass is 419 g/mol. The van der Waals surface area contributed by atoms with Crippen LogP contribution in [-0.2, 0) is 11.2 Å². The highest BCUT2D eigenvalue weighted by Gasteiger charge is 2.10. The zero-order valence-electron chi connectivity index (χ0n) is 16.3. The maximum Gasteiger partial charge on any atom is 0.226 e. The molecule has 2 N–H and O–H groups in total. The molecule has 0 aliphatic rings. The summed E-state index contributed by atoms with van der Waals surface area (Å²) < 4.78 is 18.2. The van der Waals surface area contributed by atoms with Crippen LogP contribution in [0.1, 0.15) is 18.7 Å². The molecule has 2 aromatic heterocycles. The van der Waals surface area contributed by atoms with Crippen molar-refractivity contribution in [1.29, 1.82) is 0 Å². The van der Waals surface area contributed by atoms with E-state index in [2.05, 4.69) is 25.4 Å². The first-order valence-electron chi connectivity index (χ1n) is 9.57. The van der Waals surface area contributed by atoms with Crippen LogP contribution in [-0.4, -0.2) is 31.1 Å². The first-order chi connectivity index (χ1) is 15.1. The maximum absolute atomic E-state index is 13.0. The Morgan fingerprint density at radius 1 is 1.03 bits per heavy atom. The second-order valence-corrected chi connectivity index (χ2v) is 6.77. The number of aryl methyl sites for hydroxylation is 1. The molecule has 0 aliphatic carbocycles. The molecule has 2 heterocycles. The zero-order valence-corrected chi connectivity index (χ0v) is 16.3. The Hall–Kier alpha value is -4.14. The summed E-state index contributed by atoms with van der Waals surface area (Å²) in [5, 5.41) is 16.2. The molecule has 0 saturated carbocycles. The molecule has 0 spiro atoms. The number of phenolic OH excluding ortho intramolecular Hbond substituents is 1. The first kappa shape index (κ1) is 20.1. The summed E-state index contributed by atoms with van der Waals surface area (Å²) in [6.45, 7) is 0. The summed E-state index contributed by atoms with van der Waals surface area (Å²) in [7, 11) is 0. The van der Waals surface area contributed by atoms with Gasteiger partial charge in [0.25, 0.3) is 0 Å². The second kappa shape index (κ2) is 9.12. The number of anilines is 1. The molecule has 31 heavy (non-hydrogen) atoms. The van der Waals surface area contributed by atoms with Crippen LogP contribution in [0.25, 0.3) is 22.8 Å². The molecule has 0 fully saturated rings. The molecule has 0 radical (unpaired) electrons. The van der Waals surface area contributed by atoms with Crippen LogP contribution in [0.2, 0.25) is 0 Å². The van der Waals surface area contributed by atoms with E-state index in [9.17, 15) is 14.3 Å². The van der Waals surface area contributed by atoms with Crippen LogP contribution < -0.4 is 5.32 Å². The van der Waals surface area contributed by atoms with Crippen molar-refractivity contribution in [3.05, 3.63) is 72.6 Å². The van der Waals surface area contributed by atoms with Crippen LogP contribution in [0, 0.1) is 5.82 Å². The highest BCUT2D eigenvalue weighted by atomic mass is 19.1. The molecule has 1 amide bonds. The molecular weight excluding hydrogens is 401 g/mol. The summed E-state index contributed by atoms with van der Waals surface area (Å²) in [5.74, 6) is 0.839. The summed E-state index contributed by atoms with van der Waals surface area (Å²) in [5.41, 5.74) is 1.81. The molecule has 0 atom stereocenters. The number of aromatic nitrogens is 4. The van der Waals surface area contributed by atoms with Gasteiger partial charge in [-0.25, -0.2) is 14.4 Å². The van der Waals surface area contributed by atoms with E-state index in [-0.39, 0.29) is 23.9 Å². The van der Waals surface area contributed by atoms with Crippen LogP contribution >= 0.6 is 0 Å². The van der Waals surface area contributed by atoms with E-state index in [1.54, 1.807) is 36.4 Å².